The number of aliphatic hydroxyl groups is 1. The monoisotopic (exact) mass is 376 g/mol. The summed E-state index contributed by atoms with van der Waals surface area (Å²) in [5.41, 5.74) is 1.59. The van der Waals surface area contributed by atoms with Crippen molar-refractivity contribution in [1.82, 2.24) is 19.9 Å². The Balaban J connectivity index is 1.99. The summed E-state index contributed by atoms with van der Waals surface area (Å²) in [6.45, 7) is 7.99. The minimum Gasteiger partial charge on any atom is -0.464 e. The van der Waals surface area contributed by atoms with E-state index in [0.717, 1.165) is 16.9 Å². The topological polar surface area (TPSA) is 106 Å². The first kappa shape index (κ1) is 20.8. The first-order valence-electron chi connectivity index (χ1n) is 9.22. The average molecular weight is 376 g/mol. The number of nitrogens with one attached hydrogen (secondary N) is 1. The van der Waals surface area contributed by atoms with Crippen molar-refractivity contribution >= 4 is 22.9 Å². The van der Waals surface area contributed by atoms with Crippen LogP contribution in [-0.4, -0.2) is 50.3 Å². The molecular weight excluding hydrogens is 348 g/mol. The van der Waals surface area contributed by atoms with Gasteiger partial charge in [-0.05, 0) is 32.3 Å². The molecule has 148 valence electrons. The number of ether oxygens (including phenoxy) is 1. The van der Waals surface area contributed by atoms with Crippen molar-refractivity contribution in [2.45, 2.75) is 59.2 Å². The summed E-state index contributed by atoms with van der Waals surface area (Å²) in [5.74, 6) is 0.128. The normalized spacial score (nSPS) is 13.6. The van der Waals surface area contributed by atoms with Crippen LogP contribution in [0.1, 0.15) is 39.4 Å². The van der Waals surface area contributed by atoms with Crippen LogP contribution >= 0.6 is 0 Å². The summed E-state index contributed by atoms with van der Waals surface area (Å²) < 4.78 is 6.88. The fourth-order valence-corrected chi connectivity index (χ4v) is 3.00. The number of aromatic nitrogens is 3. The van der Waals surface area contributed by atoms with Crippen molar-refractivity contribution in [2.75, 3.05) is 6.61 Å². The predicted octanol–water partition coefficient (Wildman–Crippen LogP) is 1.58. The van der Waals surface area contributed by atoms with Gasteiger partial charge in [-0.15, -0.1) is 0 Å². The van der Waals surface area contributed by atoms with Crippen LogP contribution in [-0.2, 0) is 20.9 Å². The van der Waals surface area contributed by atoms with Crippen LogP contribution in [0.4, 0.5) is 0 Å². The Bertz CT molecular complexity index is 787. The van der Waals surface area contributed by atoms with Crippen molar-refractivity contribution in [2.24, 2.45) is 5.92 Å². The van der Waals surface area contributed by atoms with Gasteiger partial charge in [-0.25, -0.2) is 9.78 Å². The maximum absolute atomic E-state index is 12.3. The molecule has 27 heavy (non-hydrogen) atoms. The van der Waals surface area contributed by atoms with Crippen LogP contribution in [0.3, 0.4) is 0 Å². The molecule has 0 saturated heterocycles. The lowest BCUT2D eigenvalue weighted by Crippen LogP contribution is -2.44. The molecule has 2 atom stereocenters. The number of imidazole rings is 1. The van der Waals surface area contributed by atoms with Crippen molar-refractivity contribution in [3.8, 4) is 0 Å². The maximum atomic E-state index is 12.3. The van der Waals surface area contributed by atoms with Gasteiger partial charge in [-0.2, -0.15) is 0 Å². The van der Waals surface area contributed by atoms with Crippen molar-refractivity contribution < 1.29 is 19.4 Å². The Morgan fingerprint density at radius 3 is 2.78 bits per heavy atom. The van der Waals surface area contributed by atoms with Gasteiger partial charge in [-0.1, -0.05) is 13.8 Å². The highest BCUT2D eigenvalue weighted by molar-refractivity contribution is 5.84. The van der Waals surface area contributed by atoms with Gasteiger partial charge in [0.25, 0.3) is 0 Å². The Labute approximate surface area is 158 Å². The number of nitrogens with zero attached hydrogens (tertiary/aromatic N) is 3. The second-order valence-electron chi connectivity index (χ2n) is 6.99. The van der Waals surface area contributed by atoms with Crippen molar-refractivity contribution in [1.29, 1.82) is 0 Å². The molecule has 8 nitrogen and oxygen atoms in total. The second kappa shape index (κ2) is 9.45. The molecule has 8 heteroatoms. The van der Waals surface area contributed by atoms with E-state index in [9.17, 15) is 14.7 Å². The van der Waals surface area contributed by atoms with Gasteiger partial charge in [0.1, 0.15) is 17.4 Å². The number of rotatable bonds is 9. The number of amides is 1. The zero-order valence-corrected chi connectivity index (χ0v) is 16.3. The molecule has 0 aliphatic carbocycles. The molecule has 0 aliphatic rings. The number of carbonyl (C=O) groups excluding carboxylic acids is 2. The minimum absolute atomic E-state index is 0.113. The first-order valence-corrected chi connectivity index (χ1v) is 9.22. The van der Waals surface area contributed by atoms with Crippen molar-refractivity contribution in [3.63, 3.8) is 0 Å². The van der Waals surface area contributed by atoms with Gasteiger partial charge < -0.3 is 19.7 Å². The molecule has 0 aliphatic heterocycles. The minimum atomic E-state index is -0.906. The molecule has 0 aromatic carbocycles. The molecule has 2 rings (SSSR count). The van der Waals surface area contributed by atoms with E-state index in [-0.39, 0.29) is 31.4 Å². The van der Waals surface area contributed by atoms with Crippen LogP contribution in [0.2, 0.25) is 0 Å². The first-order chi connectivity index (χ1) is 12.8. The van der Waals surface area contributed by atoms with Gasteiger partial charge in [0.15, 0.2) is 0 Å². The smallest absolute Gasteiger partial charge is 0.328 e. The summed E-state index contributed by atoms with van der Waals surface area (Å²) >= 11 is 0. The van der Waals surface area contributed by atoms with E-state index in [1.165, 1.54) is 0 Å². The summed E-state index contributed by atoms with van der Waals surface area (Å²) in [6, 6.07) is 1.12. The lowest BCUT2D eigenvalue weighted by atomic mass is 10.0. The third-order valence-corrected chi connectivity index (χ3v) is 4.17. The van der Waals surface area contributed by atoms with Gasteiger partial charge >= 0.3 is 5.97 Å². The summed E-state index contributed by atoms with van der Waals surface area (Å²) in [7, 11) is 0. The van der Waals surface area contributed by atoms with Gasteiger partial charge in [0.05, 0.1) is 37.4 Å². The van der Waals surface area contributed by atoms with Gasteiger partial charge in [0.2, 0.25) is 5.91 Å². The fourth-order valence-electron chi connectivity index (χ4n) is 3.00. The highest BCUT2D eigenvalue weighted by Gasteiger charge is 2.24. The highest BCUT2D eigenvalue weighted by Crippen LogP contribution is 2.15. The molecule has 2 N–H and O–H groups in total. The molecule has 0 saturated carbocycles. The van der Waals surface area contributed by atoms with E-state index in [4.69, 9.17) is 4.74 Å². The molecule has 1 unspecified atom stereocenters. The van der Waals surface area contributed by atoms with Gasteiger partial charge in [0, 0.05) is 6.20 Å². The molecule has 0 bridgehead atoms. The Morgan fingerprint density at radius 1 is 1.37 bits per heavy atom. The number of carbonyl (C=O) groups is 2. The maximum Gasteiger partial charge on any atom is 0.328 e. The van der Waals surface area contributed by atoms with Crippen LogP contribution < -0.4 is 5.32 Å². The average Bonchev–Trinajstić information content (AvgIpc) is 2.89. The van der Waals surface area contributed by atoms with E-state index < -0.39 is 18.1 Å². The van der Waals surface area contributed by atoms with E-state index in [0.29, 0.717) is 6.42 Å². The van der Waals surface area contributed by atoms with Crippen LogP contribution in [0, 0.1) is 12.8 Å². The Morgan fingerprint density at radius 2 is 2.11 bits per heavy atom. The largest absolute Gasteiger partial charge is 0.464 e. The molecule has 1 amide bonds. The van der Waals surface area contributed by atoms with Crippen LogP contribution in [0.25, 0.3) is 11.0 Å². The SMILES string of the molecule is CCOC(=O)[C@H](CC(C)C)NC(=O)CC(O)Cn1c(C)nc2cnccc21. The molecule has 0 spiro atoms. The molecule has 0 fully saturated rings. The number of aliphatic hydroxyl groups excluding tert-OH is 1. The number of pyridine rings is 1. The Hall–Kier alpha value is -2.48. The van der Waals surface area contributed by atoms with Gasteiger partial charge in [-0.3, -0.25) is 9.78 Å². The highest BCUT2D eigenvalue weighted by atomic mass is 16.5. The lowest BCUT2D eigenvalue weighted by Gasteiger charge is -2.20. The van der Waals surface area contributed by atoms with E-state index in [1.54, 1.807) is 19.3 Å². The number of hydrogen-bond donors (Lipinski definition) is 2. The molecule has 2 aromatic heterocycles. The van der Waals surface area contributed by atoms with Crippen LogP contribution in [0.5, 0.6) is 0 Å². The third kappa shape index (κ3) is 5.75. The molecule has 0 radical (unpaired) electrons. The predicted molar refractivity (Wildman–Crippen MR) is 101 cm³/mol. The molecular formula is C19H28N4O4. The molecule has 2 heterocycles. The number of esters is 1. The number of hydrogen-bond acceptors (Lipinski definition) is 6. The lowest BCUT2D eigenvalue weighted by molar-refractivity contribution is -0.148. The quantitative estimate of drug-likeness (QED) is 0.644. The number of aryl methyl sites for hydroxylation is 1. The second-order valence-corrected chi connectivity index (χ2v) is 6.99. The van der Waals surface area contributed by atoms with E-state index >= 15 is 0 Å². The fraction of sp³-hybridized carbons (Fsp3) is 0.579. The summed E-state index contributed by atoms with van der Waals surface area (Å²) in [6.07, 6.45) is 2.79. The zero-order chi connectivity index (χ0) is 20.0. The summed E-state index contributed by atoms with van der Waals surface area (Å²) in [4.78, 5) is 32.8. The Kier molecular flexibility index (Phi) is 7.29. The summed E-state index contributed by atoms with van der Waals surface area (Å²) in [5, 5.41) is 13.1. The number of fused-ring (bicyclic) bond motifs is 1. The third-order valence-electron chi connectivity index (χ3n) is 4.17. The van der Waals surface area contributed by atoms with Crippen LogP contribution in [0.15, 0.2) is 18.5 Å². The zero-order valence-electron chi connectivity index (χ0n) is 16.3. The standard InChI is InChI=1S/C19H28N4O4/c1-5-27-19(26)15(8-12(2)3)22-18(25)9-14(24)11-23-13(4)21-16-10-20-7-6-17(16)23/h6-7,10,12,14-15,24H,5,8-9,11H2,1-4H3,(H,22,25)/t14?,15-/m0/s1. The van der Waals surface area contributed by atoms with E-state index in [1.807, 2.05) is 31.4 Å². The van der Waals surface area contributed by atoms with Crippen molar-refractivity contribution in [3.05, 3.63) is 24.3 Å². The van der Waals surface area contributed by atoms with E-state index in [2.05, 4.69) is 15.3 Å². The molecule has 2 aromatic rings.